The van der Waals surface area contributed by atoms with Crippen molar-refractivity contribution in [1.29, 1.82) is 5.26 Å². The summed E-state index contributed by atoms with van der Waals surface area (Å²) in [6, 6.07) is 7.94. The molecule has 3 rings (SSSR count). The van der Waals surface area contributed by atoms with Crippen LogP contribution in [0.25, 0.3) is 0 Å². The molecule has 2 aliphatic rings. The van der Waals surface area contributed by atoms with Gasteiger partial charge in [-0.3, -0.25) is 4.79 Å². The smallest absolute Gasteiger partial charge is 0.329 e. The number of hydrogen-bond acceptors (Lipinski definition) is 4. The lowest BCUT2D eigenvalue weighted by Gasteiger charge is -2.18. The van der Waals surface area contributed by atoms with Gasteiger partial charge >= 0.3 is 6.03 Å². The molecule has 1 unspecified atom stereocenters. The lowest BCUT2D eigenvalue weighted by Crippen LogP contribution is -2.47. The Morgan fingerprint density at radius 1 is 1.42 bits per heavy atom. The van der Waals surface area contributed by atoms with Gasteiger partial charge < -0.3 is 10.1 Å². The fourth-order valence-corrected chi connectivity index (χ4v) is 2.40. The molecule has 0 bridgehead atoms. The van der Waals surface area contributed by atoms with E-state index in [-0.39, 0.29) is 12.5 Å². The molecule has 2 fully saturated rings. The van der Waals surface area contributed by atoms with Crippen LogP contribution in [0.2, 0.25) is 0 Å². The number of anilines is 1. The molecule has 19 heavy (non-hydrogen) atoms. The molecule has 1 N–H and O–H groups in total. The summed E-state index contributed by atoms with van der Waals surface area (Å²) >= 11 is 0. The van der Waals surface area contributed by atoms with Gasteiger partial charge in [-0.05, 0) is 18.2 Å². The van der Waals surface area contributed by atoms with Crippen molar-refractivity contribution >= 4 is 17.6 Å². The zero-order valence-electron chi connectivity index (χ0n) is 10.0. The highest BCUT2D eigenvalue weighted by atomic mass is 16.5. The number of carbonyl (C=O) groups excluding carboxylic acids is 2. The van der Waals surface area contributed by atoms with Crippen molar-refractivity contribution < 1.29 is 14.3 Å². The van der Waals surface area contributed by atoms with E-state index in [0.29, 0.717) is 24.3 Å². The largest absolute Gasteiger partial charge is 0.378 e. The SMILES string of the molecule is N#Cc1cccc(N2C(=O)NC3(CCOC3)C2=O)c1. The summed E-state index contributed by atoms with van der Waals surface area (Å²) in [5.41, 5.74) is -0.119. The molecule has 96 valence electrons. The fourth-order valence-electron chi connectivity index (χ4n) is 2.40. The van der Waals surface area contributed by atoms with Crippen LogP contribution in [0.5, 0.6) is 0 Å². The Hall–Kier alpha value is -2.39. The molecule has 6 nitrogen and oxygen atoms in total. The van der Waals surface area contributed by atoms with Crippen molar-refractivity contribution in [2.45, 2.75) is 12.0 Å². The van der Waals surface area contributed by atoms with Crippen molar-refractivity contribution in [2.24, 2.45) is 0 Å². The maximum Gasteiger partial charge on any atom is 0.329 e. The quantitative estimate of drug-likeness (QED) is 0.753. The first-order chi connectivity index (χ1) is 9.16. The molecule has 0 saturated carbocycles. The van der Waals surface area contributed by atoms with Crippen molar-refractivity contribution in [3.8, 4) is 6.07 Å². The van der Waals surface area contributed by atoms with Crippen LogP contribution in [0.15, 0.2) is 24.3 Å². The van der Waals surface area contributed by atoms with Crippen molar-refractivity contribution in [3.63, 3.8) is 0 Å². The lowest BCUT2D eigenvalue weighted by molar-refractivity contribution is -0.122. The number of carbonyl (C=O) groups is 2. The molecule has 1 aromatic carbocycles. The number of ether oxygens (including phenoxy) is 1. The van der Waals surface area contributed by atoms with E-state index in [1.165, 1.54) is 6.07 Å². The van der Waals surface area contributed by atoms with E-state index < -0.39 is 11.6 Å². The summed E-state index contributed by atoms with van der Waals surface area (Å²) in [4.78, 5) is 25.5. The van der Waals surface area contributed by atoms with E-state index in [0.717, 1.165) is 4.90 Å². The lowest BCUT2D eigenvalue weighted by atomic mass is 9.99. The minimum atomic E-state index is -0.931. The third kappa shape index (κ3) is 1.67. The average Bonchev–Trinajstić information content (AvgIpc) is 2.97. The van der Waals surface area contributed by atoms with Gasteiger partial charge in [-0.2, -0.15) is 5.26 Å². The third-order valence-corrected chi connectivity index (χ3v) is 3.42. The molecule has 1 atom stereocenters. The monoisotopic (exact) mass is 257 g/mol. The normalized spacial score (nSPS) is 25.7. The van der Waals surface area contributed by atoms with Crippen molar-refractivity contribution in [2.75, 3.05) is 18.1 Å². The van der Waals surface area contributed by atoms with E-state index in [9.17, 15) is 9.59 Å². The molecule has 0 aromatic heterocycles. The van der Waals surface area contributed by atoms with E-state index in [4.69, 9.17) is 10.00 Å². The Balaban J connectivity index is 1.99. The Kier molecular flexibility index (Phi) is 2.50. The van der Waals surface area contributed by atoms with Crippen LogP contribution in [-0.4, -0.2) is 30.7 Å². The second-order valence-corrected chi connectivity index (χ2v) is 4.62. The van der Waals surface area contributed by atoms with Gasteiger partial charge in [0.25, 0.3) is 5.91 Å². The van der Waals surface area contributed by atoms with Gasteiger partial charge in [0.1, 0.15) is 5.54 Å². The minimum absolute atomic E-state index is 0.200. The van der Waals surface area contributed by atoms with Gasteiger partial charge in [0, 0.05) is 13.0 Å². The molecular formula is C13H11N3O3. The molecule has 2 aliphatic heterocycles. The number of imide groups is 1. The number of urea groups is 1. The van der Waals surface area contributed by atoms with Crippen LogP contribution in [0.3, 0.4) is 0 Å². The number of nitriles is 1. The van der Waals surface area contributed by atoms with Crippen molar-refractivity contribution in [3.05, 3.63) is 29.8 Å². The van der Waals surface area contributed by atoms with E-state index >= 15 is 0 Å². The topological polar surface area (TPSA) is 82.4 Å². The van der Waals surface area contributed by atoms with Crippen LogP contribution >= 0.6 is 0 Å². The first kappa shape index (κ1) is 11.7. The Morgan fingerprint density at radius 3 is 2.95 bits per heavy atom. The third-order valence-electron chi connectivity index (χ3n) is 3.42. The highest BCUT2D eigenvalue weighted by Gasteiger charge is 2.54. The first-order valence-electron chi connectivity index (χ1n) is 5.91. The number of nitrogens with zero attached hydrogens (tertiary/aromatic N) is 2. The number of nitrogens with one attached hydrogen (secondary N) is 1. The Bertz CT molecular complexity index is 599. The van der Waals surface area contributed by atoms with Gasteiger partial charge in [-0.1, -0.05) is 6.07 Å². The van der Waals surface area contributed by atoms with Crippen LogP contribution in [0.1, 0.15) is 12.0 Å². The van der Waals surface area contributed by atoms with Gasteiger partial charge in [-0.25, -0.2) is 9.69 Å². The van der Waals surface area contributed by atoms with E-state index in [1.807, 2.05) is 6.07 Å². The molecule has 2 heterocycles. The zero-order valence-corrected chi connectivity index (χ0v) is 10.0. The van der Waals surface area contributed by atoms with Crippen LogP contribution in [0, 0.1) is 11.3 Å². The minimum Gasteiger partial charge on any atom is -0.378 e. The summed E-state index contributed by atoms with van der Waals surface area (Å²) in [5, 5.41) is 11.6. The van der Waals surface area contributed by atoms with Gasteiger partial charge in [0.15, 0.2) is 0 Å². The second-order valence-electron chi connectivity index (χ2n) is 4.62. The zero-order chi connectivity index (χ0) is 13.5. The molecule has 1 spiro atoms. The molecular weight excluding hydrogens is 246 g/mol. The summed E-state index contributed by atoms with van der Waals surface area (Å²) in [7, 11) is 0. The predicted molar refractivity (Wildman–Crippen MR) is 65.3 cm³/mol. The number of hydrogen-bond donors (Lipinski definition) is 1. The van der Waals surface area contributed by atoms with E-state index in [2.05, 4.69) is 5.32 Å². The number of amides is 3. The molecule has 2 saturated heterocycles. The predicted octanol–water partition coefficient (Wildman–Crippen LogP) is 0.774. The first-order valence-corrected chi connectivity index (χ1v) is 5.91. The molecule has 3 amide bonds. The fraction of sp³-hybridized carbons (Fsp3) is 0.308. The van der Waals surface area contributed by atoms with Gasteiger partial charge in [0.2, 0.25) is 0 Å². The molecule has 0 aliphatic carbocycles. The number of benzene rings is 1. The highest BCUT2D eigenvalue weighted by molar-refractivity contribution is 6.23. The summed E-state index contributed by atoms with van der Waals surface area (Å²) in [6.45, 7) is 0.657. The summed E-state index contributed by atoms with van der Waals surface area (Å²) in [6.07, 6.45) is 0.478. The average molecular weight is 257 g/mol. The standard InChI is InChI=1S/C13H11N3O3/c14-7-9-2-1-3-10(6-9)16-11(17)13(15-12(16)18)4-5-19-8-13/h1-3,6H,4-5,8H2,(H,15,18). The highest BCUT2D eigenvalue weighted by Crippen LogP contribution is 2.30. The maximum absolute atomic E-state index is 12.4. The summed E-state index contributed by atoms with van der Waals surface area (Å²) < 4.78 is 5.22. The van der Waals surface area contributed by atoms with Crippen molar-refractivity contribution in [1.82, 2.24) is 5.32 Å². The van der Waals surface area contributed by atoms with Gasteiger partial charge in [0.05, 0.1) is 23.9 Å². The molecule has 1 aromatic rings. The van der Waals surface area contributed by atoms with Gasteiger partial charge in [-0.15, -0.1) is 0 Å². The molecule has 0 radical (unpaired) electrons. The second kappa shape index (κ2) is 4.07. The van der Waals surface area contributed by atoms with Crippen LogP contribution in [0.4, 0.5) is 10.5 Å². The maximum atomic E-state index is 12.4. The summed E-state index contributed by atoms with van der Waals surface area (Å²) in [5.74, 6) is -0.315. The van der Waals surface area contributed by atoms with Crippen LogP contribution < -0.4 is 10.2 Å². The number of rotatable bonds is 1. The van der Waals surface area contributed by atoms with Crippen LogP contribution in [-0.2, 0) is 9.53 Å². The van der Waals surface area contributed by atoms with E-state index in [1.54, 1.807) is 18.2 Å². The molecule has 6 heteroatoms. The Morgan fingerprint density at radius 2 is 2.26 bits per heavy atom. The Labute approximate surface area is 109 Å².